The first-order valence-electron chi connectivity index (χ1n) is 9.02. The molecule has 0 unspecified atom stereocenters. The predicted octanol–water partition coefficient (Wildman–Crippen LogP) is 2.87. The van der Waals surface area contributed by atoms with Crippen LogP contribution in [0.15, 0.2) is 24.0 Å². The Kier molecular flexibility index (Phi) is 4.96. The van der Waals surface area contributed by atoms with Crippen molar-refractivity contribution in [3.63, 3.8) is 0 Å². The van der Waals surface area contributed by atoms with Crippen LogP contribution < -0.4 is 5.32 Å². The van der Waals surface area contributed by atoms with Gasteiger partial charge in [-0.05, 0) is 38.7 Å². The maximum atomic E-state index is 6.56. The van der Waals surface area contributed by atoms with E-state index < -0.39 is 0 Å². The molecule has 4 heterocycles. The number of anilines is 1. The van der Waals surface area contributed by atoms with Gasteiger partial charge in [-0.1, -0.05) is 0 Å². The summed E-state index contributed by atoms with van der Waals surface area (Å²) in [6.45, 7) is 6.02. The van der Waals surface area contributed by atoms with Crippen LogP contribution in [0.3, 0.4) is 0 Å². The molecule has 6 nitrogen and oxygen atoms in total. The highest BCUT2D eigenvalue weighted by Crippen LogP contribution is 2.37. The second-order valence-corrected chi connectivity index (χ2v) is 8.03. The summed E-state index contributed by atoms with van der Waals surface area (Å²) >= 11 is 1.76. The molecular weight excluding hydrogens is 334 g/mol. The van der Waals surface area contributed by atoms with Gasteiger partial charge in [-0.2, -0.15) is 0 Å². The normalized spacial score (nSPS) is 27.0. The predicted molar refractivity (Wildman–Crippen MR) is 98.7 cm³/mol. The van der Waals surface area contributed by atoms with Crippen molar-refractivity contribution in [2.24, 2.45) is 0 Å². The number of hydrogen-bond donors (Lipinski definition) is 1. The van der Waals surface area contributed by atoms with Gasteiger partial charge in [0.2, 0.25) is 5.95 Å². The Morgan fingerprint density at radius 3 is 3.00 bits per heavy atom. The standard InChI is InChI=1S/C18H25N5OS/c1-14-16(25-13-22-14)11-23-9-6-18(12-23)5-2-4-15(24-18)10-21-17-19-7-3-8-20-17/h3,7-8,13,15H,2,4-6,9-12H2,1H3,(H,19,20,21)/t15-,18-/m1/s1. The first kappa shape index (κ1) is 16.9. The first-order chi connectivity index (χ1) is 12.2. The molecule has 2 atom stereocenters. The van der Waals surface area contributed by atoms with Gasteiger partial charge < -0.3 is 10.1 Å². The third-order valence-electron chi connectivity index (χ3n) is 5.24. The zero-order valence-electron chi connectivity index (χ0n) is 14.6. The Balaban J connectivity index is 1.32. The van der Waals surface area contributed by atoms with Crippen molar-refractivity contribution in [1.29, 1.82) is 0 Å². The zero-order valence-corrected chi connectivity index (χ0v) is 15.5. The molecule has 0 bridgehead atoms. The fourth-order valence-corrected chi connectivity index (χ4v) is 4.72. The lowest BCUT2D eigenvalue weighted by molar-refractivity contribution is -0.115. The van der Waals surface area contributed by atoms with E-state index in [1.54, 1.807) is 23.7 Å². The first-order valence-corrected chi connectivity index (χ1v) is 9.90. The van der Waals surface area contributed by atoms with E-state index in [0.717, 1.165) is 39.0 Å². The van der Waals surface area contributed by atoms with Crippen molar-refractivity contribution >= 4 is 17.3 Å². The van der Waals surface area contributed by atoms with Gasteiger partial charge in [0.25, 0.3) is 0 Å². The highest BCUT2D eigenvalue weighted by atomic mass is 32.1. The van der Waals surface area contributed by atoms with Crippen LogP contribution in [0.4, 0.5) is 5.95 Å². The van der Waals surface area contributed by atoms with Crippen molar-refractivity contribution in [2.75, 3.05) is 25.0 Å². The maximum absolute atomic E-state index is 6.56. The van der Waals surface area contributed by atoms with E-state index in [-0.39, 0.29) is 11.7 Å². The summed E-state index contributed by atoms with van der Waals surface area (Å²) in [5, 5.41) is 3.31. The lowest BCUT2D eigenvalue weighted by atomic mass is 9.90. The molecule has 2 aromatic rings. The molecule has 0 saturated carbocycles. The fourth-order valence-electron chi connectivity index (χ4n) is 3.91. The van der Waals surface area contributed by atoms with E-state index in [1.807, 2.05) is 11.6 Å². The third kappa shape index (κ3) is 3.99. The maximum Gasteiger partial charge on any atom is 0.222 e. The molecule has 1 spiro atoms. The van der Waals surface area contributed by atoms with Crippen LogP contribution in [0, 0.1) is 6.92 Å². The molecule has 25 heavy (non-hydrogen) atoms. The van der Waals surface area contributed by atoms with Crippen LogP contribution >= 0.6 is 11.3 Å². The van der Waals surface area contributed by atoms with Crippen LogP contribution in [0.1, 0.15) is 36.3 Å². The second kappa shape index (κ2) is 7.35. The molecule has 4 rings (SSSR count). The summed E-state index contributed by atoms with van der Waals surface area (Å²) in [5.74, 6) is 0.680. The Morgan fingerprint density at radius 1 is 1.32 bits per heavy atom. The van der Waals surface area contributed by atoms with Crippen LogP contribution in [0.25, 0.3) is 0 Å². The molecule has 2 aromatic heterocycles. The molecule has 2 aliphatic rings. The summed E-state index contributed by atoms with van der Waals surface area (Å²) in [5.41, 5.74) is 3.14. The molecular formula is C18H25N5OS. The largest absolute Gasteiger partial charge is 0.369 e. The van der Waals surface area contributed by atoms with Crippen molar-refractivity contribution in [1.82, 2.24) is 19.9 Å². The van der Waals surface area contributed by atoms with Gasteiger partial charge in [0, 0.05) is 43.4 Å². The average Bonchev–Trinajstić information content (AvgIpc) is 3.21. The summed E-state index contributed by atoms with van der Waals surface area (Å²) in [6.07, 6.45) is 8.39. The fraction of sp³-hybridized carbons (Fsp3) is 0.611. The van der Waals surface area contributed by atoms with Gasteiger partial charge in [-0.3, -0.25) is 4.90 Å². The molecule has 1 N–H and O–H groups in total. The zero-order chi connectivity index (χ0) is 17.1. The van der Waals surface area contributed by atoms with Gasteiger partial charge in [0.05, 0.1) is 22.9 Å². The van der Waals surface area contributed by atoms with Gasteiger partial charge in [0.15, 0.2) is 0 Å². The van der Waals surface area contributed by atoms with Crippen LogP contribution in [-0.4, -0.2) is 51.2 Å². The Morgan fingerprint density at radius 2 is 2.20 bits per heavy atom. The topological polar surface area (TPSA) is 63.2 Å². The average molecular weight is 359 g/mol. The Bertz CT molecular complexity index is 694. The molecule has 7 heteroatoms. The number of likely N-dealkylation sites (tertiary alicyclic amines) is 1. The summed E-state index contributed by atoms with van der Waals surface area (Å²) in [4.78, 5) is 16.7. The highest BCUT2D eigenvalue weighted by Gasteiger charge is 2.42. The summed E-state index contributed by atoms with van der Waals surface area (Å²) in [7, 11) is 0. The monoisotopic (exact) mass is 359 g/mol. The van der Waals surface area contributed by atoms with E-state index in [4.69, 9.17) is 4.74 Å². The molecule has 0 radical (unpaired) electrons. The van der Waals surface area contributed by atoms with E-state index >= 15 is 0 Å². The molecule has 0 amide bonds. The van der Waals surface area contributed by atoms with E-state index in [2.05, 4.69) is 32.1 Å². The van der Waals surface area contributed by atoms with Crippen molar-refractivity contribution in [3.05, 3.63) is 34.5 Å². The minimum Gasteiger partial charge on any atom is -0.369 e. The van der Waals surface area contributed by atoms with Crippen LogP contribution in [0.5, 0.6) is 0 Å². The Hall–Kier alpha value is -1.57. The SMILES string of the molecule is Cc1ncsc1CN1CC[C@]2(CCC[C@H](CNc3ncccn3)O2)C1. The minimum absolute atomic E-state index is 0.0285. The number of thiazole rings is 1. The summed E-state index contributed by atoms with van der Waals surface area (Å²) in [6, 6.07) is 1.83. The van der Waals surface area contributed by atoms with E-state index in [0.29, 0.717) is 5.95 Å². The second-order valence-electron chi connectivity index (χ2n) is 7.09. The van der Waals surface area contributed by atoms with E-state index in [1.165, 1.54) is 23.4 Å². The van der Waals surface area contributed by atoms with E-state index in [9.17, 15) is 0 Å². The smallest absolute Gasteiger partial charge is 0.222 e. The number of rotatable bonds is 5. The summed E-state index contributed by atoms with van der Waals surface area (Å²) < 4.78 is 6.56. The number of nitrogens with zero attached hydrogens (tertiary/aromatic N) is 4. The quantitative estimate of drug-likeness (QED) is 0.886. The van der Waals surface area contributed by atoms with Gasteiger partial charge in [0.1, 0.15) is 0 Å². The van der Waals surface area contributed by atoms with Crippen LogP contribution in [-0.2, 0) is 11.3 Å². The highest BCUT2D eigenvalue weighted by molar-refractivity contribution is 7.09. The number of ether oxygens (including phenoxy) is 1. The third-order valence-corrected chi connectivity index (χ3v) is 6.16. The van der Waals surface area contributed by atoms with Gasteiger partial charge >= 0.3 is 0 Å². The minimum atomic E-state index is 0.0285. The van der Waals surface area contributed by atoms with Gasteiger partial charge in [-0.25, -0.2) is 15.0 Å². The molecule has 2 aliphatic heterocycles. The molecule has 0 aromatic carbocycles. The lowest BCUT2D eigenvalue weighted by Gasteiger charge is -2.39. The lowest BCUT2D eigenvalue weighted by Crippen LogP contribution is -2.45. The van der Waals surface area contributed by atoms with Crippen molar-refractivity contribution in [3.8, 4) is 0 Å². The van der Waals surface area contributed by atoms with Gasteiger partial charge in [-0.15, -0.1) is 11.3 Å². The number of aryl methyl sites for hydroxylation is 1. The number of nitrogens with one attached hydrogen (secondary N) is 1. The molecule has 2 fully saturated rings. The van der Waals surface area contributed by atoms with Crippen molar-refractivity contribution < 1.29 is 4.74 Å². The number of hydrogen-bond acceptors (Lipinski definition) is 7. The number of aromatic nitrogens is 3. The van der Waals surface area contributed by atoms with Crippen molar-refractivity contribution in [2.45, 2.75) is 50.9 Å². The molecule has 2 saturated heterocycles. The molecule has 134 valence electrons. The Labute approximate surface area is 152 Å². The van der Waals surface area contributed by atoms with Crippen LogP contribution in [0.2, 0.25) is 0 Å². The molecule has 0 aliphatic carbocycles.